The molecule has 0 aromatic heterocycles. The number of benzene rings is 10. The highest BCUT2D eigenvalue weighted by Crippen LogP contribution is 2.46. The Hall–Kier alpha value is -6.50. The quantitative estimate of drug-likeness (QED) is 0.134. The molecular formula is C50H32. The van der Waals surface area contributed by atoms with Crippen molar-refractivity contribution in [3.8, 4) is 44.5 Å². The van der Waals surface area contributed by atoms with Crippen LogP contribution in [0.25, 0.3) is 98.4 Å². The molecule has 50 heavy (non-hydrogen) atoms. The van der Waals surface area contributed by atoms with Gasteiger partial charge in [-0.15, -0.1) is 0 Å². The average Bonchev–Trinajstić information content (AvgIpc) is 3.20. The minimum Gasteiger partial charge on any atom is -0.0622 e. The van der Waals surface area contributed by atoms with Crippen molar-refractivity contribution in [1.29, 1.82) is 0 Å². The first-order valence-corrected chi connectivity index (χ1v) is 17.4. The van der Waals surface area contributed by atoms with Crippen LogP contribution in [-0.2, 0) is 0 Å². The molecule has 232 valence electrons. The van der Waals surface area contributed by atoms with Gasteiger partial charge in [0.1, 0.15) is 0 Å². The van der Waals surface area contributed by atoms with E-state index in [9.17, 15) is 0 Å². The summed E-state index contributed by atoms with van der Waals surface area (Å²) < 4.78 is 0. The van der Waals surface area contributed by atoms with E-state index in [-0.39, 0.29) is 0 Å². The van der Waals surface area contributed by atoms with Crippen molar-refractivity contribution in [3.63, 3.8) is 0 Å². The Bertz CT molecular complexity index is 2830. The second kappa shape index (κ2) is 11.6. The minimum absolute atomic E-state index is 1.23. The highest BCUT2D eigenvalue weighted by molar-refractivity contribution is 6.24. The summed E-state index contributed by atoms with van der Waals surface area (Å²) in [5, 5.41) is 12.7. The molecule has 0 aliphatic carbocycles. The third kappa shape index (κ3) is 4.54. The van der Waals surface area contributed by atoms with Gasteiger partial charge in [0.05, 0.1) is 0 Å². The number of rotatable bonds is 4. The summed E-state index contributed by atoms with van der Waals surface area (Å²) >= 11 is 0. The number of hydrogen-bond acceptors (Lipinski definition) is 0. The molecule has 0 aliphatic heterocycles. The van der Waals surface area contributed by atoms with E-state index >= 15 is 0 Å². The predicted molar refractivity (Wildman–Crippen MR) is 216 cm³/mol. The fourth-order valence-electron chi connectivity index (χ4n) is 8.14. The van der Waals surface area contributed by atoms with E-state index in [0.717, 1.165) is 0 Å². The SMILES string of the molecule is c1ccc(-c2ccc(-c3cc4ccc(-c5c6ccccc6c(-c6cccc7ccccc67)c6ccccc56)cc4c4ccccc34)cc2)cc1. The van der Waals surface area contributed by atoms with E-state index in [1.807, 2.05) is 0 Å². The summed E-state index contributed by atoms with van der Waals surface area (Å²) in [5.74, 6) is 0. The molecule has 0 heteroatoms. The van der Waals surface area contributed by atoms with E-state index in [4.69, 9.17) is 0 Å². The van der Waals surface area contributed by atoms with Crippen molar-refractivity contribution in [2.45, 2.75) is 0 Å². The number of hydrogen-bond donors (Lipinski definition) is 0. The van der Waals surface area contributed by atoms with Crippen molar-refractivity contribution in [1.82, 2.24) is 0 Å². The molecule has 0 nitrogen and oxygen atoms in total. The Labute approximate surface area is 291 Å². The molecule has 10 rings (SSSR count). The lowest BCUT2D eigenvalue weighted by Crippen LogP contribution is -1.92. The lowest BCUT2D eigenvalue weighted by Gasteiger charge is -2.19. The van der Waals surface area contributed by atoms with Crippen LogP contribution < -0.4 is 0 Å². The van der Waals surface area contributed by atoms with Gasteiger partial charge in [0.15, 0.2) is 0 Å². The molecule has 0 amide bonds. The largest absolute Gasteiger partial charge is 0.0622 e. The Morgan fingerprint density at radius 2 is 0.700 bits per heavy atom. The van der Waals surface area contributed by atoms with Crippen molar-refractivity contribution in [3.05, 3.63) is 194 Å². The molecule has 0 spiro atoms. The summed E-state index contributed by atoms with van der Waals surface area (Å²) in [6.07, 6.45) is 0. The van der Waals surface area contributed by atoms with E-state index in [1.54, 1.807) is 0 Å². The van der Waals surface area contributed by atoms with Crippen molar-refractivity contribution in [2.24, 2.45) is 0 Å². The van der Waals surface area contributed by atoms with Crippen LogP contribution in [0.2, 0.25) is 0 Å². The number of fused-ring (bicyclic) bond motifs is 6. The topological polar surface area (TPSA) is 0 Å². The zero-order valence-electron chi connectivity index (χ0n) is 27.5. The molecule has 0 bridgehead atoms. The van der Waals surface area contributed by atoms with Crippen LogP contribution >= 0.6 is 0 Å². The third-order valence-corrected chi connectivity index (χ3v) is 10.4. The molecule has 0 N–H and O–H groups in total. The summed E-state index contributed by atoms with van der Waals surface area (Å²) in [6.45, 7) is 0. The van der Waals surface area contributed by atoms with E-state index in [0.29, 0.717) is 0 Å². The summed E-state index contributed by atoms with van der Waals surface area (Å²) in [7, 11) is 0. The monoisotopic (exact) mass is 632 g/mol. The van der Waals surface area contributed by atoms with Gasteiger partial charge in [0, 0.05) is 0 Å². The first-order valence-electron chi connectivity index (χ1n) is 17.4. The first kappa shape index (κ1) is 28.5. The van der Waals surface area contributed by atoms with E-state index in [1.165, 1.54) is 98.4 Å². The maximum atomic E-state index is 2.42. The lowest BCUT2D eigenvalue weighted by atomic mass is 9.84. The molecule has 0 radical (unpaired) electrons. The lowest BCUT2D eigenvalue weighted by molar-refractivity contribution is 1.61. The minimum atomic E-state index is 1.23. The Kier molecular flexibility index (Phi) is 6.60. The summed E-state index contributed by atoms with van der Waals surface area (Å²) in [6, 6.07) is 71.3. The summed E-state index contributed by atoms with van der Waals surface area (Å²) in [4.78, 5) is 0. The normalized spacial score (nSPS) is 11.6. The second-order valence-electron chi connectivity index (χ2n) is 13.2. The van der Waals surface area contributed by atoms with Crippen molar-refractivity contribution >= 4 is 53.9 Å². The zero-order chi connectivity index (χ0) is 33.0. The van der Waals surface area contributed by atoms with Gasteiger partial charge in [-0.1, -0.05) is 182 Å². The molecule has 0 fully saturated rings. The standard InChI is InChI=1S/C50H32/c1-2-13-33(14-3-1)34-25-27-36(28-26-34)47-31-37-29-30-38(32-48(37)41-19-7-6-18-40(41)47)49-43-20-8-10-22-45(43)50(46-23-11-9-21-44(46)49)42-24-12-16-35-15-4-5-17-39(35)42/h1-32H. The van der Waals surface area contributed by atoms with Crippen LogP contribution in [-0.4, -0.2) is 0 Å². The van der Waals surface area contributed by atoms with Crippen LogP contribution in [0.4, 0.5) is 0 Å². The van der Waals surface area contributed by atoms with E-state index in [2.05, 4.69) is 194 Å². The maximum Gasteiger partial charge on any atom is -0.00201 e. The summed E-state index contributed by atoms with van der Waals surface area (Å²) in [5.41, 5.74) is 10.0. The highest BCUT2D eigenvalue weighted by Gasteiger charge is 2.18. The van der Waals surface area contributed by atoms with Crippen molar-refractivity contribution in [2.75, 3.05) is 0 Å². The van der Waals surface area contributed by atoms with Gasteiger partial charge < -0.3 is 0 Å². The van der Waals surface area contributed by atoms with Gasteiger partial charge in [-0.2, -0.15) is 0 Å². The van der Waals surface area contributed by atoms with Crippen LogP contribution in [0.3, 0.4) is 0 Å². The van der Waals surface area contributed by atoms with Gasteiger partial charge in [-0.05, 0) is 111 Å². The third-order valence-electron chi connectivity index (χ3n) is 10.4. The van der Waals surface area contributed by atoms with Crippen molar-refractivity contribution < 1.29 is 0 Å². The Balaban J connectivity index is 1.20. The molecule has 0 atom stereocenters. The predicted octanol–water partition coefficient (Wildman–Crippen LogP) is 14.1. The fourth-order valence-corrected chi connectivity index (χ4v) is 8.14. The molecule has 0 unspecified atom stereocenters. The van der Waals surface area contributed by atoms with E-state index < -0.39 is 0 Å². The molecule has 10 aromatic carbocycles. The second-order valence-corrected chi connectivity index (χ2v) is 13.2. The van der Waals surface area contributed by atoms with Crippen LogP contribution in [0, 0.1) is 0 Å². The Morgan fingerprint density at radius 3 is 1.40 bits per heavy atom. The van der Waals surface area contributed by atoms with Crippen LogP contribution in [0.15, 0.2) is 194 Å². The molecule has 0 saturated carbocycles. The van der Waals surface area contributed by atoms with Gasteiger partial charge in [0.25, 0.3) is 0 Å². The Morgan fingerprint density at radius 1 is 0.200 bits per heavy atom. The van der Waals surface area contributed by atoms with Crippen LogP contribution in [0.1, 0.15) is 0 Å². The fraction of sp³-hybridized carbons (Fsp3) is 0. The molecule has 0 aliphatic rings. The van der Waals surface area contributed by atoms with Crippen LogP contribution in [0.5, 0.6) is 0 Å². The van der Waals surface area contributed by atoms with Gasteiger partial charge in [-0.3, -0.25) is 0 Å². The first-order chi connectivity index (χ1) is 24.8. The van der Waals surface area contributed by atoms with Gasteiger partial charge >= 0.3 is 0 Å². The van der Waals surface area contributed by atoms with Gasteiger partial charge in [0.2, 0.25) is 0 Å². The maximum absolute atomic E-state index is 2.42. The molecular weight excluding hydrogens is 601 g/mol. The molecule has 10 aromatic rings. The molecule has 0 saturated heterocycles. The highest BCUT2D eigenvalue weighted by atomic mass is 14.2. The van der Waals surface area contributed by atoms with Gasteiger partial charge in [-0.25, -0.2) is 0 Å². The zero-order valence-corrected chi connectivity index (χ0v) is 27.5. The smallest absolute Gasteiger partial charge is 0.00201 e. The average molecular weight is 633 g/mol. The molecule has 0 heterocycles.